The number of unbranched alkanes of at least 4 members (excludes halogenated alkanes) is 2. The second-order valence-corrected chi connectivity index (χ2v) is 9.50. The van der Waals surface area contributed by atoms with Gasteiger partial charge in [-0.25, -0.2) is 0 Å². The van der Waals surface area contributed by atoms with E-state index in [1.54, 1.807) is 23.1 Å². The minimum atomic E-state index is -0.715. The minimum absolute atomic E-state index is 0.0721. The first-order valence-electron chi connectivity index (χ1n) is 13.6. The van der Waals surface area contributed by atoms with Crippen LogP contribution in [0.3, 0.4) is 0 Å². The Morgan fingerprint density at radius 2 is 1.71 bits per heavy atom. The Balaban J connectivity index is 1.69. The van der Waals surface area contributed by atoms with E-state index in [9.17, 15) is 14.7 Å². The summed E-state index contributed by atoms with van der Waals surface area (Å²) >= 11 is 0. The van der Waals surface area contributed by atoms with Crippen molar-refractivity contribution in [1.82, 2.24) is 9.80 Å². The molecular formula is C30H38N2O6. The summed E-state index contributed by atoms with van der Waals surface area (Å²) in [6.45, 7) is 10.4. The molecule has 0 spiro atoms. The first-order chi connectivity index (χ1) is 18.5. The number of benzene rings is 2. The highest BCUT2D eigenvalue weighted by Gasteiger charge is 2.46. The molecule has 2 aromatic carbocycles. The second kappa shape index (κ2) is 12.8. The van der Waals surface area contributed by atoms with Crippen molar-refractivity contribution in [2.45, 2.75) is 46.1 Å². The molecule has 2 heterocycles. The van der Waals surface area contributed by atoms with Crippen molar-refractivity contribution in [3.05, 3.63) is 59.2 Å². The molecule has 204 valence electrons. The van der Waals surface area contributed by atoms with Crippen molar-refractivity contribution in [3.8, 4) is 17.2 Å². The Kier molecular flexibility index (Phi) is 9.29. The first-order valence-corrected chi connectivity index (χ1v) is 13.6. The maximum absolute atomic E-state index is 13.4. The van der Waals surface area contributed by atoms with Crippen LogP contribution >= 0.6 is 0 Å². The molecule has 1 amide bonds. The van der Waals surface area contributed by atoms with Gasteiger partial charge in [0.1, 0.15) is 24.7 Å². The number of ether oxygens (including phenoxy) is 3. The van der Waals surface area contributed by atoms with Gasteiger partial charge in [-0.3, -0.25) is 9.59 Å². The Hall–Kier alpha value is -3.52. The molecule has 0 saturated carbocycles. The van der Waals surface area contributed by atoms with Crippen molar-refractivity contribution in [2.75, 3.05) is 46.0 Å². The summed E-state index contributed by atoms with van der Waals surface area (Å²) in [4.78, 5) is 30.4. The molecule has 2 aliphatic heterocycles. The van der Waals surface area contributed by atoms with Gasteiger partial charge in [-0.1, -0.05) is 45.7 Å². The van der Waals surface area contributed by atoms with Crippen LogP contribution in [-0.4, -0.2) is 72.6 Å². The molecule has 0 aliphatic carbocycles. The minimum Gasteiger partial charge on any atom is -0.507 e. The molecule has 8 heteroatoms. The van der Waals surface area contributed by atoms with E-state index in [0.29, 0.717) is 50.0 Å². The number of rotatable bonds is 12. The van der Waals surface area contributed by atoms with Gasteiger partial charge >= 0.3 is 0 Å². The average molecular weight is 523 g/mol. The number of likely N-dealkylation sites (N-methyl/N-ethyl adjacent to an activating group) is 1. The Morgan fingerprint density at radius 1 is 1.00 bits per heavy atom. The van der Waals surface area contributed by atoms with Crippen LogP contribution in [0.5, 0.6) is 17.2 Å². The lowest BCUT2D eigenvalue weighted by molar-refractivity contribution is -0.140. The van der Waals surface area contributed by atoms with Crippen LogP contribution < -0.4 is 14.2 Å². The molecular weight excluding hydrogens is 484 g/mol. The molecule has 1 unspecified atom stereocenters. The fraction of sp³-hybridized carbons (Fsp3) is 0.467. The van der Waals surface area contributed by atoms with E-state index in [1.807, 2.05) is 24.3 Å². The van der Waals surface area contributed by atoms with Gasteiger partial charge in [-0.15, -0.1) is 0 Å². The topological polar surface area (TPSA) is 88.5 Å². The number of carbonyl (C=O) groups is 2. The van der Waals surface area contributed by atoms with Crippen LogP contribution in [0.25, 0.3) is 5.76 Å². The highest BCUT2D eigenvalue weighted by molar-refractivity contribution is 6.46. The van der Waals surface area contributed by atoms with E-state index in [4.69, 9.17) is 14.2 Å². The highest BCUT2D eigenvalue weighted by atomic mass is 16.6. The standard InChI is InChI=1S/C30H38N2O6/c1-4-7-8-17-36-23-12-9-21(10-13-23)27-26(29(34)30(35)32(27)16-15-31(5-2)6-3)28(33)22-11-14-24-25(20-22)38-19-18-37-24/h9-14,20,27,33H,4-8,15-19H2,1-3H3/b28-26+. The number of aliphatic hydroxyl groups excluding tert-OH is 1. The van der Waals surface area contributed by atoms with Gasteiger partial charge in [0.15, 0.2) is 11.5 Å². The lowest BCUT2D eigenvalue weighted by Gasteiger charge is -2.28. The number of hydrogen-bond acceptors (Lipinski definition) is 7. The highest BCUT2D eigenvalue weighted by Crippen LogP contribution is 2.41. The molecule has 38 heavy (non-hydrogen) atoms. The van der Waals surface area contributed by atoms with Gasteiger partial charge < -0.3 is 29.1 Å². The van der Waals surface area contributed by atoms with E-state index in [-0.39, 0.29) is 11.3 Å². The van der Waals surface area contributed by atoms with Crippen LogP contribution in [-0.2, 0) is 9.59 Å². The van der Waals surface area contributed by atoms with E-state index in [1.165, 1.54) is 0 Å². The van der Waals surface area contributed by atoms with Gasteiger partial charge in [-0.2, -0.15) is 0 Å². The number of nitrogens with zero attached hydrogens (tertiary/aromatic N) is 2. The van der Waals surface area contributed by atoms with E-state index in [2.05, 4.69) is 25.7 Å². The lowest BCUT2D eigenvalue weighted by Crippen LogP contribution is -2.38. The van der Waals surface area contributed by atoms with E-state index < -0.39 is 17.7 Å². The molecule has 1 atom stereocenters. The summed E-state index contributed by atoms with van der Waals surface area (Å²) in [5.74, 6) is 0.283. The van der Waals surface area contributed by atoms with Crippen molar-refractivity contribution in [2.24, 2.45) is 0 Å². The van der Waals surface area contributed by atoms with Crippen LogP contribution in [0.4, 0.5) is 0 Å². The second-order valence-electron chi connectivity index (χ2n) is 9.50. The summed E-state index contributed by atoms with van der Waals surface area (Å²) in [6.07, 6.45) is 3.22. The molecule has 1 N–H and O–H groups in total. The average Bonchev–Trinajstić information content (AvgIpc) is 3.20. The first kappa shape index (κ1) is 27.5. The molecule has 4 rings (SSSR count). The molecule has 1 fully saturated rings. The summed E-state index contributed by atoms with van der Waals surface area (Å²) in [5, 5.41) is 11.4. The van der Waals surface area contributed by atoms with Crippen LogP contribution in [0.15, 0.2) is 48.0 Å². The predicted molar refractivity (Wildman–Crippen MR) is 146 cm³/mol. The maximum atomic E-state index is 13.4. The quantitative estimate of drug-likeness (QED) is 0.186. The molecule has 0 radical (unpaired) electrons. The largest absolute Gasteiger partial charge is 0.507 e. The zero-order valence-electron chi connectivity index (χ0n) is 22.6. The van der Waals surface area contributed by atoms with Crippen molar-refractivity contribution < 1.29 is 28.9 Å². The smallest absolute Gasteiger partial charge is 0.295 e. The number of carbonyl (C=O) groups excluding carboxylic acids is 2. The normalized spacial score (nSPS) is 18.3. The maximum Gasteiger partial charge on any atom is 0.295 e. The fourth-order valence-corrected chi connectivity index (χ4v) is 4.88. The molecule has 2 aliphatic rings. The van der Waals surface area contributed by atoms with Crippen LogP contribution in [0, 0.1) is 0 Å². The third-order valence-electron chi connectivity index (χ3n) is 7.12. The number of amides is 1. The zero-order valence-corrected chi connectivity index (χ0v) is 22.6. The van der Waals surface area contributed by atoms with Crippen molar-refractivity contribution >= 4 is 17.4 Å². The summed E-state index contributed by atoms with van der Waals surface area (Å²) in [5.41, 5.74) is 1.21. The Morgan fingerprint density at radius 3 is 2.39 bits per heavy atom. The summed E-state index contributed by atoms with van der Waals surface area (Å²) < 4.78 is 17.1. The number of ketones is 1. The third kappa shape index (κ3) is 5.96. The van der Waals surface area contributed by atoms with E-state index >= 15 is 0 Å². The zero-order chi connectivity index (χ0) is 27.1. The fourth-order valence-electron chi connectivity index (χ4n) is 4.88. The number of Topliss-reactive ketones (excluding diaryl/α,β-unsaturated/α-hetero) is 1. The third-order valence-corrected chi connectivity index (χ3v) is 7.12. The van der Waals surface area contributed by atoms with Gasteiger partial charge in [-0.05, 0) is 55.4 Å². The van der Waals surface area contributed by atoms with Crippen LogP contribution in [0.1, 0.15) is 57.2 Å². The van der Waals surface area contributed by atoms with Gasteiger partial charge in [0.2, 0.25) is 0 Å². The van der Waals surface area contributed by atoms with Crippen molar-refractivity contribution in [3.63, 3.8) is 0 Å². The summed E-state index contributed by atoms with van der Waals surface area (Å²) in [7, 11) is 0. The number of hydrogen-bond donors (Lipinski definition) is 1. The van der Waals surface area contributed by atoms with Crippen LogP contribution in [0.2, 0.25) is 0 Å². The van der Waals surface area contributed by atoms with Gasteiger partial charge in [0, 0.05) is 18.7 Å². The SMILES string of the molecule is CCCCCOc1ccc(C2/C(=C(\O)c3ccc4c(c3)OCCO4)C(=O)C(=O)N2CCN(CC)CC)cc1. The molecule has 1 saturated heterocycles. The monoisotopic (exact) mass is 522 g/mol. The van der Waals surface area contributed by atoms with E-state index in [0.717, 1.165) is 43.7 Å². The van der Waals surface area contributed by atoms with Gasteiger partial charge in [0.05, 0.1) is 18.2 Å². The Bertz CT molecular complexity index is 1160. The van der Waals surface area contributed by atoms with Crippen molar-refractivity contribution in [1.29, 1.82) is 0 Å². The molecule has 0 bridgehead atoms. The predicted octanol–water partition coefficient (Wildman–Crippen LogP) is 4.79. The number of likely N-dealkylation sites (tertiary alicyclic amines) is 1. The molecule has 8 nitrogen and oxygen atoms in total. The summed E-state index contributed by atoms with van der Waals surface area (Å²) in [6, 6.07) is 11.8. The molecule has 0 aromatic heterocycles. The van der Waals surface area contributed by atoms with Gasteiger partial charge in [0.25, 0.3) is 11.7 Å². The molecule has 2 aromatic rings. The number of aliphatic hydroxyl groups is 1. The Labute approximate surface area is 224 Å². The lowest BCUT2D eigenvalue weighted by atomic mass is 9.95. The number of fused-ring (bicyclic) bond motifs is 1.